The number of sulfone groups is 1. The van der Waals surface area contributed by atoms with E-state index in [9.17, 15) is 21.6 Å². The molecule has 0 unspecified atom stereocenters. The van der Waals surface area contributed by atoms with Crippen molar-refractivity contribution in [2.75, 3.05) is 19.3 Å². The van der Waals surface area contributed by atoms with Gasteiger partial charge in [0.05, 0.1) is 20.0 Å². The van der Waals surface area contributed by atoms with Crippen molar-refractivity contribution in [3.05, 3.63) is 78.1 Å². The van der Waals surface area contributed by atoms with Gasteiger partial charge in [-0.1, -0.05) is 30.4 Å². The standard InChI is InChI=1S/C24H27N3O5S3/c1-5-14-26(15-6-2)35(31,32)19-10-8-18(9-11-19)23(28)25-24-27(16-7-3)21-13-12-20(34(4,29)30)17-22(21)33-24/h5-6,8-13,17H,1-2,7,14-16H2,3-4H3. The number of hydrogen-bond donors (Lipinski definition) is 0. The zero-order valence-corrected chi connectivity index (χ0v) is 22.0. The number of carbonyl (C=O) groups is 1. The first-order valence-electron chi connectivity index (χ1n) is 10.8. The summed E-state index contributed by atoms with van der Waals surface area (Å²) in [7, 11) is -7.15. The minimum absolute atomic E-state index is 0.0500. The quantitative estimate of drug-likeness (QED) is 0.370. The molecule has 1 aromatic heterocycles. The molecule has 0 N–H and O–H groups in total. The first-order valence-corrected chi connectivity index (χ1v) is 14.9. The molecule has 11 heteroatoms. The van der Waals surface area contributed by atoms with Crippen LogP contribution in [0.5, 0.6) is 0 Å². The third-order valence-corrected chi connectivity index (χ3v) is 9.13. The number of aryl methyl sites for hydroxylation is 1. The molecule has 3 aromatic rings. The van der Waals surface area contributed by atoms with Gasteiger partial charge < -0.3 is 4.57 Å². The Morgan fingerprint density at radius 2 is 1.63 bits per heavy atom. The van der Waals surface area contributed by atoms with Crippen molar-refractivity contribution in [2.24, 2.45) is 4.99 Å². The molecule has 3 rings (SSSR count). The molecule has 186 valence electrons. The molecule has 0 atom stereocenters. The molecule has 8 nitrogen and oxygen atoms in total. The van der Waals surface area contributed by atoms with Gasteiger partial charge in [0.15, 0.2) is 14.6 Å². The molecule has 0 aliphatic rings. The lowest BCUT2D eigenvalue weighted by atomic mass is 10.2. The molecule has 0 radical (unpaired) electrons. The molecular weight excluding hydrogens is 506 g/mol. The van der Waals surface area contributed by atoms with Crippen molar-refractivity contribution in [3.8, 4) is 0 Å². The number of sulfonamides is 1. The van der Waals surface area contributed by atoms with Crippen LogP contribution in [0.1, 0.15) is 23.7 Å². The van der Waals surface area contributed by atoms with E-state index in [4.69, 9.17) is 0 Å². The van der Waals surface area contributed by atoms with Gasteiger partial charge in [0.25, 0.3) is 5.91 Å². The molecule has 0 bridgehead atoms. The summed E-state index contributed by atoms with van der Waals surface area (Å²) in [5.74, 6) is -0.525. The Morgan fingerprint density at radius 1 is 1.03 bits per heavy atom. The van der Waals surface area contributed by atoms with E-state index in [2.05, 4.69) is 18.2 Å². The number of hydrogen-bond acceptors (Lipinski definition) is 6. The summed E-state index contributed by atoms with van der Waals surface area (Å²) in [6.07, 6.45) is 4.93. The van der Waals surface area contributed by atoms with Gasteiger partial charge in [0, 0.05) is 31.5 Å². The van der Waals surface area contributed by atoms with Gasteiger partial charge in [-0.05, 0) is 48.9 Å². The van der Waals surface area contributed by atoms with Gasteiger partial charge in [0.1, 0.15) is 0 Å². The molecule has 0 spiro atoms. The van der Waals surface area contributed by atoms with Crippen LogP contribution in [0.15, 0.2) is 82.6 Å². The number of rotatable bonds is 10. The van der Waals surface area contributed by atoms with Gasteiger partial charge in [-0.25, -0.2) is 16.8 Å². The Hall–Kier alpha value is -2.86. The molecule has 0 saturated carbocycles. The van der Waals surface area contributed by atoms with Crippen LogP contribution in [0.25, 0.3) is 10.2 Å². The zero-order valence-electron chi connectivity index (χ0n) is 19.5. The normalized spacial score (nSPS) is 12.8. The van der Waals surface area contributed by atoms with E-state index in [-0.39, 0.29) is 28.4 Å². The Morgan fingerprint density at radius 3 is 2.17 bits per heavy atom. The van der Waals surface area contributed by atoms with Crippen molar-refractivity contribution < 1.29 is 21.6 Å². The van der Waals surface area contributed by atoms with E-state index in [0.717, 1.165) is 18.2 Å². The monoisotopic (exact) mass is 533 g/mol. The average molecular weight is 534 g/mol. The highest BCUT2D eigenvalue weighted by Gasteiger charge is 2.22. The Kier molecular flexibility index (Phi) is 8.26. The second-order valence-corrected chi connectivity index (χ2v) is 12.7. The van der Waals surface area contributed by atoms with Crippen molar-refractivity contribution in [1.29, 1.82) is 0 Å². The van der Waals surface area contributed by atoms with Gasteiger partial charge >= 0.3 is 0 Å². The predicted molar refractivity (Wildman–Crippen MR) is 139 cm³/mol. The van der Waals surface area contributed by atoms with E-state index in [1.807, 2.05) is 11.5 Å². The van der Waals surface area contributed by atoms with Gasteiger partial charge in [-0.3, -0.25) is 4.79 Å². The number of carbonyl (C=O) groups excluding carboxylic acids is 1. The van der Waals surface area contributed by atoms with Crippen LogP contribution < -0.4 is 4.80 Å². The molecule has 35 heavy (non-hydrogen) atoms. The topological polar surface area (TPSA) is 106 Å². The first-order chi connectivity index (χ1) is 16.5. The number of thiazole rings is 1. The van der Waals surface area contributed by atoms with E-state index >= 15 is 0 Å². The number of nitrogens with zero attached hydrogens (tertiary/aromatic N) is 3. The summed E-state index contributed by atoms with van der Waals surface area (Å²) in [4.78, 5) is 17.9. The lowest BCUT2D eigenvalue weighted by Crippen LogP contribution is -2.31. The zero-order chi connectivity index (χ0) is 25.8. The minimum Gasteiger partial charge on any atom is -0.316 e. The summed E-state index contributed by atoms with van der Waals surface area (Å²) >= 11 is 1.23. The van der Waals surface area contributed by atoms with E-state index < -0.39 is 25.8 Å². The Balaban J connectivity index is 2.00. The minimum atomic E-state index is -3.78. The molecule has 0 aliphatic carbocycles. The van der Waals surface area contributed by atoms with Crippen molar-refractivity contribution in [1.82, 2.24) is 8.87 Å². The maximum absolute atomic E-state index is 12.9. The third kappa shape index (κ3) is 5.87. The van der Waals surface area contributed by atoms with Crippen LogP contribution in [-0.4, -0.2) is 51.0 Å². The average Bonchev–Trinajstić information content (AvgIpc) is 3.15. The summed E-state index contributed by atoms with van der Waals surface area (Å²) < 4.78 is 53.4. The molecule has 1 amide bonds. The second kappa shape index (κ2) is 10.8. The smallest absolute Gasteiger partial charge is 0.279 e. The lowest BCUT2D eigenvalue weighted by molar-refractivity contribution is 0.0997. The third-order valence-electron chi connectivity index (χ3n) is 5.13. The summed E-state index contributed by atoms with van der Waals surface area (Å²) in [5, 5.41) is 0. The second-order valence-electron chi connectivity index (χ2n) is 7.78. The van der Waals surface area contributed by atoms with Gasteiger partial charge in [-0.15, -0.1) is 13.2 Å². The number of fused-ring (bicyclic) bond motifs is 1. The van der Waals surface area contributed by atoms with Crippen LogP contribution in [0.3, 0.4) is 0 Å². The van der Waals surface area contributed by atoms with Crippen LogP contribution in [-0.2, 0) is 26.4 Å². The van der Waals surface area contributed by atoms with Crippen LogP contribution in [0.4, 0.5) is 0 Å². The van der Waals surface area contributed by atoms with Gasteiger partial charge in [-0.2, -0.15) is 9.30 Å². The molecule has 0 saturated heterocycles. The highest BCUT2D eigenvalue weighted by atomic mass is 32.2. The summed E-state index contributed by atoms with van der Waals surface area (Å²) in [6, 6.07) is 10.5. The Bertz CT molecular complexity index is 1540. The first kappa shape index (κ1) is 26.7. The highest BCUT2D eigenvalue weighted by molar-refractivity contribution is 7.90. The number of aromatic nitrogens is 1. The lowest BCUT2D eigenvalue weighted by Gasteiger charge is -2.19. The SMILES string of the molecule is C=CCN(CC=C)S(=O)(=O)c1ccc(C(=O)N=c2sc3cc(S(C)(=O)=O)ccc3n2CCC)cc1. The summed E-state index contributed by atoms with van der Waals surface area (Å²) in [5.41, 5.74) is 1.03. The number of amides is 1. The highest BCUT2D eigenvalue weighted by Crippen LogP contribution is 2.22. The largest absolute Gasteiger partial charge is 0.316 e. The van der Waals surface area contributed by atoms with Crippen molar-refractivity contribution in [2.45, 2.75) is 29.7 Å². The molecular formula is C24H27N3O5S3. The summed E-state index contributed by atoms with van der Waals surface area (Å²) in [6.45, 7) is 10.0. The number of benzene rings is 2. The van der Waals surface area contributed by atoms with Crippen LogP contribution >= 0.6 is 11.3 Å². The van der Waals surface area contributed by atoms with Gasteiger partial charge in [0.2, 0.25) is 10.0 Å². The van der Waals surface area contributed by atoms with E-state index in [1.165, 1.54) is 52.1 Å². The molecule has 0 fully saturated rings. The van der Waals surface area contributed by atoms with Crippen LogP contribution in [0, 0.1) is 0 Å². The van der Waals surface area contributed by atoms with E-state index in [0.29, 0.717) is 16.0 Å². The van der Waals surface area contributed by atoms with Crippen LogP contribution in [0.2, 0.25) is 0 Å². The fourth-order valence-electron chi connectivity index (χ4n) is 3.44. The van der Waals surface area contributed by atoms with Crippen molar-refractivity contribution >= 4 is 47.3 Å². The maximum Gasteiger partial charge on any atom is 0.279 e. The molecule has 2 aromatic carbocycles. The molecule has 1 heterocycles. The maximum atomic E-state index is 12.9. The fraction of sp³-hybridized carbons (Fsp3) is 0.250. The fourth-order valence-corrected chi connectivity index (χ4v) is 6.63. The van der Waals surface area contributed by atoms with E-state index in [1.54, 1.807) is 18.2 Å². The predicted octanol–water partition coefficient (Wildman–Crippen LogP) is 3.62. The Labute approximate surface area is 209 Å². The van der Waals surface area contributed by atoms with Crippen molar-refractivity contribution in [3.63, 3.8) is 0 Å². The molecule has 0 aliphatic heterocycles.